The van der Waals surface area contributed by atoms with Gasteiger partial charge in [-0.15, -0.1) is 0 Å². The Bertz CT molecular complexity index is 301. The van der Waals surface area contributed by atoms with Gasteiger partial charge in [0.1, 0.15) is 5.82 Å². The smallest absolute Gasteiger partial charge is 0.151 e. The third-order valence-electron chi connectivity index (χ3n) is 1.17. The Morgan fingerprint density at radius 2 is 2.18 bits per heavy atom. The van der Waals surface area contributed by atoms with E-state index in [1.807, 2.05) is 22.6 Å². The first kappa shape index (κ1) is 9.12. The van der Waals surface area contributed by atoms with E-state index >= 15 is 0 Å². The van der Waals surface area contributed by atoms with Gasteiger partial charge >= 0.3 is 0 Å². The van der Waals surface area contributed by atoms with Gasteiger partial charge in [0.25, 0.3) is 0 Å². The molecule has 0 fully saturated rings. The number of carbonyl (C=O) groups is 1. The van der Waals surface area contributed by atoms with Gasteiger partial charge < -0.3 is 0 Å². The molecule has 0 unspecified atom stereocenters. The zero-order chi connectivity index (χ0) is 8.43. The van der Waals surface area contributed by atoms with E-state index in [-0.39, 0.29) is 0 Å². The summed E-state index contributed by atoms with van der Waals surface area (Å²) in [5, 5.41) is 0. The molecule has 0 aromatic heterocycles. The van der Waals surface area contributed by atoms with Gasteiger partial charge in [-0.3, -0.25) is 4.79 Å². The number of aldehydes is 1. The predicted molar refractivity (Wildman–Crippen MR) is 52.2 cm³/mol. The lowest BCUT2D eigenvalue weighted by Crippen LogP contribution is -1.88. The summed E-state index contributed by atoms with van der Waals surface area (Å²) in [7, 11) is 0. The van der Waals surface area contributed by atoms with Crippen LogP contribution in [-0.2, 0) is 0 Å². The summed E-state index contributed by atoms with van der Waals surface area (Å²) in [6.45, 7) is 0. The molecular weight excluding hydrogens is 326 g/mol. The van der Waals surface area contributed by atoms with Gasteiger partial charge in [0.05, 0.1) is 4.47 Å². The van der Waals surface area contributed by atoms with Crippen LogP contribution in [0.15, 0.2) is 16.6 Å². The average molecular weight is 329 g/mol. The highest BCUT2D eigenvalue weighted by molar-refractivity contribution is 14.1. The van der Waals surface area contributed by atoms with E-state index in [1.165, 1.54) is 6.07 Å². The van der Waals surface area contributed by atoms with Crippen molar-refractivity contribution < 1.29 is 9.18 Å². The van der Waals surface area contributed by atoms with Crippen LogP contribution < -0.4 is 0 Å². The maximum absolute atomic E-state index is 12.7. The Kier molecular flexibility index (Phi) is 3.00. The summed E-state index contributed by atoms with van der Waals surface area (Å²) < 4.78 is 13.9. The Balaban J connectivity index is 3.31. The highest BCUT2D eigenvalue weighted by Gasteiger charge is 2.04. The zero-order valence-electron chi connectivity index (χ0n) is 5.27. The highest BCUT2D eigenvalue weighted by atomic mass is 127. The molecule has 0 atom stereocenters. The van der Waals surface area contributed by atoms with Crippen molar-refractivity contribution in [3.05, 3.63) is 31.6 Å². The summed E-state index contributed by atoms with van der Waals surface area (Å²) in [4.78, 5) is 10.3. The second-order valence-electron chi connectivity index (χ2n) is 1.91. The standard InChI is InChI=1S/C7H3BrFIO/c8-5-2-7(10)4(3-11)1-6(5)9/h1-3H. The molecule has 1 rings (SSSR count). The van der Waals surface area contributed by atoms with Crippen LogP contribution in [0, 0.1) is 9.39 Å². The molecule has 0 aliphatic rings. The molecule has 0 radical (unpaired) electrons. The number of hydrogen-bond acceptors (Lipinski definition) is 1. The number of rotatable bonds is 1. The minimum Gasteiger partial charge on any atom is -0.298 e. The number of benzene rings is 1. The molecule has 0 heterocycles. The first-order valence-corrected chi connectivity index (χ1v) is 4.62. The van der Waals surface area contributed by atoms with E-state index in [2.05, 4.69) is 15.9 Å². The quantitative estimate of drug-likeness (QED) is 0.440. The maximum Gasteiger partial charge on any atom is 0.151 e. The summed E-state index contributed by atoms with van der Waals surface area (Å²) in [5.41, 5.74) is 0.381. The van der Waals surface area contributed by atoms with E-state index in [4.69, 9.17) is 0 Å². The van der Waals surface area contributed by atoms with Crippen LogP contribution in [0.3, 0.4) is 0 Å². The van der Waals surface area contributed by atoms with Gasteiger partial charge in [0, 0.05) is 9.13 Å². The van der Waals surface area contributed by atoms with Gasteiger partial charge in [0.15, 0.2) is 6.29 Å². The average Bonchev–Trinajstić information content (AvgIpc) is 1.97. The molecule has 1 aromatic rings. The van der Waals surface area contributed by atoms with Crippen molar-refractivity contribution in [2.75, 3.05) is 0 Å². The van der Waals surface area contributed by atoms with Crippen LogP contribution in [-0.4, -0.2) is 6.29 Å². The van der Waals surface area contributed by atoms with Crippen molar-refractivity contribution in [2.45, 2.75) is 0 Å². The second kappa shape index (κ2) is 3.62. The third kappa shape index (κ3) is 1.99. The molecule has 4 heteroatoms. The van der Waals surface area contributed by atoms with Crippen molar-refractivity contribution in [3.63, 3.8) is 0 Å². The van der Waals surface area contributed by atoms with Crippen molar-refractivity contribution in [3.8, 4) is 0 Å². The molecule has 1 aromatic carbocycles. The summed E-state index contributed by atoms with van der Waals surface area (Å²) >= 11 is 4.99. The lowest BCUT2D eigenvalue weighted by atomic mass is 10.2. The molecule has 58 valence electrons. The lowest BCUT2D eigenvalue weighted by Gasteiger charge is -1.97. The largest absolute Gasteiger partial charge is 0.298 e. The number of carbonyl (C=O) groups excluding carboxylic acids is 1. The van der Waals surface area contributed by atoms with Gasteiger partial charge in [-0.25, -0.2) is 4.39 Å². The molecule has 1 nitrogen and oxygen atoms in total. The molecular formula is C7H3BrFIO. The molecule has 0 N–H and O–H groups in total. The first-order chi connectivity index (χ1) is 5.15. The fourth-order valence-corrected chi connectivity index (χ4v) is 1.99. The molecule has 0 amide bonds. The molecule has 11 heavy (non-hydrogen) atoms. The Morgan fingerprint density at radius 1 is 1.55 bits per heavy atom. The van der Waals surface area contributed by atoms with E-state index < -0.39 is 5.82 Å². The monoisotopic (exact) mass is 328 g/mol. The Labute approximate surface area is 85.3 Å². The molecule has 0 aliphatic heterocycles. The minimum atomic E-state index is -0.410. The van der Waals surface area contributed by atoms with Crippen LogP contribution in [0.4, 0.5) is 4.39 Å². The molecule has 0 aliphatic carbocycles. The van der Waals surface area contributed by atoms with Crippen LogP contribution in [0.1, 0.15) is 10.4 Å². The number of halogens is 3. The van der Waals surface area contributed by atoms with Crippen molar-refractivity contribution in [1.82, 2.24) is 0 Å². The number of hydrogen-bond donors (Lipinski definition) is 0. The predicted octanol–water partition coefficient (Wildman–Crippen LogP) is 3.01. The van der Waals surface area contributed by atoms with Gasteiger partial charge in [-0.05, 0) is 50.7 Å². The van der Waals surface area contributed by atoms with E-state index in [9.17, 15) is 9.18 Å². The van der Waals surface area contributed by atoms with Crippen LogP contribution in [0.25, 0.3) is 0 Å². The van der Waals surface area contributed by atoms with Crippen LogP contribution in [0.5, 0.6) is 0 Å². The SMILES string of the molecule is O=Cc1cc(F)c(Br)cc1I. The van der Waals surface area contributed by atoms with Crippen molar-refractivity contribution in [1.29, 1.82) is 0 Å². The zero-order valence-corrected chi connectivity index (χ0v) is 9.02. The third-order valence-corrected chi connectivity index (χ3v) is 2.71. The molecule has 0 saturated heterocycles. The van der Waals surface area contributed by atoms with Gasteiger partial charge in [0.2, 0.25) is 0 Å². The Hall–Kier alpha value is 0.0300. The second-order valence-corrected chi connectivity index (χ2v) is 3.92. The van der Waals surface area contributed by atoms with E-state index in [1.54, 1.807) is 6.07 Å². The normalized spacial score (nSPS) is 9.73. The van der Waals surface area contributed by atoms with E-state index in [0.717, 1.165) is 3.57 Å². The Morgan fingerprint density at radius 3 is 2.73 bits per heavy atom. The summed E-state index contributed by atoms with van der Waals surface area (Å²) in [6.07, 6.45) is 0.636. The fourth-order valence-electron chi connectivity index (χ4n) is 0.628. The topological polar surface area (TPSA) is 17.1 Å². The molecule has 0 spiro atoms. The van der Waals surface area contributed by atoms with E-state index in [0.29, 0.717) is 16.3 Å². The van der Waals surface area contributed by atoms with Crippen molar-refractivity contribution >= 4 is 44.8 Å². The molecule has 0 saturated carbocycles. The lowest BCUT2D eigenvalue weighted by molar-refractivity contribution is 0.112. The fraction of sp³-hybridized carbons (Fsp3) is 0. The van der Waals surface area contributed by atoms with Gasteiger partial charge in [-0.1, -0.05) is 0 Å². The first-order valence-electron chi connectivity index (χ1n) is 2.75. The maximum atomic E-state index is 12.7. The highest BCUT2D eigenvalue weighted by Crippen LogP contribution is 2.20. The van der Waals surface area contributed by atoms with Crippen LogP contribution >= 0.6 is 38.5 Å². The minimum absolute atomic E-state index is 0.381. The van der Waals surface area contributed by atoms with Crippen LogP contribution in [0.2, 0.25) is 0 Å². The summed E-state index contributed by atoms with van der Waals surface area (Å²) in [5.74, 6) is -0.410. The molecule has 0 bridgehead atoms. The summed E-state index contributed by atoms with van der Waals surface area (Å²) in [6, 6.07) is 2.78. The van der Waals surface area contributed by atoms with Gasteiger partial charge in [-0.2, -0.15) is 0 Å². The van der Waals surface area contributed by atoms with Crippen molar-refractivity contribution in [2.24, 2.45) is 0 Å².